The fourth-order valence-electron chi connectivity index (χ4n) is 6.88. The van der Waals surface area contributed by atoms with E-state index in [4.69, 9.17) is 0 Å². The Morgan fingerprint density at radius 1 is 0.447 bits per heavy atom. The van der Waals surface area contributed by atoms with Gasteiger partial charge in [-0.15, -0.1) is 0 Å². The average Bonchev–Trinajstić information content (AvgIpc) is 3.06. The van der Waals surface area contributed by atoms with Gasteiger partial charge in [0.1, 0.15) is 0 Å². The van der Waals surface area contributed by atoms with Crippen LogP contribution >= 0.6 is 0 Å². The van der Waals surface area contributed by atoms with Crippen molar-refractivity contribution < 1.29 is 20.1 Å². The number of rotatable bonds is 39. The Labute approximate surface area is 294 Å². The lowest BCUT2D eigenvalue weighted by molar-refractivity contribution is -0.125. The van der Waals surface area contributed by atoms with Crippen LogP contribution in [-0.2, 0) is 4.79 Å². The van der Waals surface area contributed by atoms with E-state index in [-0.39, 0.29) is 18.9 Å². The van der Waals surface area contributed by atoms with Gasteiger partial charge in [-0.1, -0.05) is 219 Å². The zero-order chi connectivity index (χ0) is 34.5. The predicted molar refractivity (Wildman–Crippen MR) is 204 cm³/mol. The second-order valence-corrected chi connectivity index (χ2v) is 15.0. The molecule has 0 saturated heterocycles. The van der Waals surface area contributed by atoms with Crippen molar-refractivity contribution in [3.8, 4) is 0 Å². The molecular formula is C42H85NO4. The van der Waals surface area contributed by atoms with Crippen LogP contribution in [-0.4, -0.2) is 46.1 Å². The van der Waals surface area contributed by atoms with Crippen molar-refractivity contribution in [3.05, 3.63) is 0 Å². The lowest BCUT2D eigenvalue weighted by Gasteiger charge is -2.23. The van der Waals surface area contributed by atoms with Crippen molar-refractivity contribution in [3.63, 3.8) is 0 Å². The first-order chi connectivity index (χ1) is 23.0. The smallest absolute Gasteiger partial charge is 0.222 e. The van der Waals surface area contributed by atoms with Crippen LogP contribution in [0.5, 0.6) is 0 Å². The third kappa shape index (κ3) is 35.0. The number of hydrogen-bond donors (Lipinski definition) is 4. The summed E-state index contributed by atoms with van der Waals surface area (Å²) in [6, 6.07) is -0.651. The summed E-state index contributed by atoms with van der Waals surface area (Å²) in [5.41, 5.74) is 0. The molecule has 5 heteroatoms. The number of hydrogen-bond acceptors (Lipinski definition) is 4. The molecule has 0 bridgehead atoms. The van der Waals surface area contributed by atoms with Gasteiger partial charge in [0, 0.05) is 0 Å². The quantitative estimate of drug-likeness (QED) is 0.0491. The van der Waals surface area contributed by atoms with Crippen LogP contribution < -0.4 is 5.32 Å². The summed E-state index contributed by atoms with van der Waals surface area (Å²) in [5, 5.41) is 33.3. The number of unbranched alkanes of at least 4 members (excludes halogenated alkanes) is 30. The van der Waals surface area contributed by atoms with Gasteiger partial charge in [0.25, 0.3) is 0 Å². The molecule has 0 saturated carbocycles. The summed E-state index contributed by atoms with van der Waals surface area (Å²) >= 11 is 0. The molecule has 0 rings (SSSR count). The van der Waals surface area contributed by atoms with E-state index in [1.54, 1.807) is 0 Å². The average molecular weight is 668 g/mol. The molecule has 0 aromatic carbocycles. The molecule has 0 aromatic rings. The number of carbonyl (C=O) groups excluding carboxylic acids is 1. The zero-order valence-corrected chi connectivity index (χ0v) is 31.9. The van der Waals surface area contributed by atoms with E-state index in [0.29, 0.717) is 12.8 Å². The molecule has 47 heavy (non-hydrogen) atoms. The highest BCUT2D eigenvalue weighted by atomic mass is 16.3. The molecule has 0 radical (unpaired) electrons. The van der Waals surface area contributed by atoms with Crippen molar-refractivity contribution in [2.75, 3.05) is 6.61 Å². The molecule has 0 aliphatic heterocycles. The molecule has 0 fully saturated rings. The lowest BCUT2D eigenvalue weighted by Crippen LogP contribution is -2.46. The van der Waals surface area contributed by atoms with Crippen molar-refractivity contribution in [1.29, 1.82) is 0 Å². The van der Waals surface area contributed by atoms with E-state index in [2.05, 4.69) is 19.2 Å². The Balaban J connectivity index is 3.56. The normalized spacial score (nSPS) is 13.6. The Morgan fingerprint density at radius 2 is 0.723 bits per heavy atom. The van der Waals surface area contributed by atoms with Crippen LogP contribution in [0.1, 0.15) is 239 Å². The molecule has 3 unspecified atom stereocenters. The zero-order valence-electron chi connectivity index (χ0n) is 31.9. The molecule has 4 N–H and O–H groups in total. The van der Waals surface area contributed by atoms with Crippen LogP contribution in [0.2, 0.25) is 0 Å². The van der Waals surface area contributed by atoms with Gasteiger partial charge >= 0.3 is 0 Å². The Bertz CT molecular complexity index is 615. The molecular weight excluding hydrogens is 582 g/mol. The summed E-state index contributed by atoms with van der Waals surface area (Å²) in [6.07, 6.45) is 42.1. The summed E-state index contributed by atoms with van der Waals surface area (Å²) < 4.78 is 0. The Morgan fingerprint density at radius 3 is 1.02 bits per heavy atom. The minimum atomic E-state index is -0.742. The molecule has 0 heterocycles. The molecule has 282 valence electrons. The fraction of sp³-hybridized carbons (Fsp3) is 0.976. The maximum Gasteiger partial charge on any atom is 0.222 e. The van der Waals surface area contributed by atoms with Gasteiger partial charge < -0.3 is 20.6 Å². The van der Waals surface area contributed by atoms with Crippen LogP contribution in [0.3, 0.4) is 0 Å². The number of aliphatic hydroxyl groups excluding tert-OH is 3. The van der Waals surface area contributed by atoms with Crippen molar-refractivity contribution in [1.82, 2.24) is 5.32 Å². The number of carbonyl (C=O) groups is 1. The second kappa shape index (κ2) is 38.2. The van der Waals surface area contributed by atoms with Gasteiger partial charge in [0.15, 0.2) is 0 Å². The number of amides is 1. The number of aliphatic hydroxyl groups is 3. The lowest BCUT2D eigenvalue weighted by atomic mass is 10.0. The second-order valence-electron chi connectivity index (χ2n) is 15.0. The van der Waals surface area contributed by atoms with Crippen LogP contribution in [0.4, 0.5) is 0 Å². The third-order valence-electron chi connectivity index (χ3n) is 10.2. The fourth-order valence-corrected chi connectivity index (χ4v) is 6.88. The van der Waals surface area contributed by atoms with Crippen molar-refractivity contribution >= 4 is 5.91 Å². The van der Waals surface area contributed by atoms with Gasteiger partial charge in [0.2, 0.25) is 5.91 Å². The van der Waals surface area contributed by atoms with E-state index >= 15 is 0 Å². The van der Waals surface area contributed by atoms with Crippen molar-refractivity contribution in [2.45, 2.75) is 257 Å². The summed E-state index contributed by atoms with van der Waals surface area (Å²) in [6.45, 7) is 4.27. The Hall–Kier alpha value is -0.650. The van der Waals surface area contributed by atoms with E-state index in [0.717, 1.165) is 25.7 Å². The maximum absolute atomic E-state index is 12.4. The monoisotopic (exact) mass is 668 g/mol. The van der Waals surface area contributed by atoms with Gasteiger partial charge in [-0.05, 0) is 12.8 Å². The summed E-state index contributed by atoms with van der Waals surface area (Å²) in [7, 11) is 0. The van der Waals surface area contributed by atoms with Gasteiger partial charge in [-0.3, -0.25) is 4.79 Å². The SMILES string of the molecule is CCCCCCCCCCCCCCCCCCCCCCC(O)CC(=O)NC(CO)C(O)CCCCCCCCCCCCCC. The third-order valence-corrected chi connectivity index (χ3v) is 10.2. The van der Waals surface area contributed by atoms with Gasteiger partial charge in [-0.2, -0.15) is 0 Å². The number of nitrogens with one attached hydrogen (secondary N) is 1. The molecule has 0 aliphatic carbocycles. The maximum atomic E-state index is 12.4. The Kier molecular flexibility index (Phi) is 37.6. The van der Waals surface area contributed by atoms with Crippen LogP contribution in [0, 0.1) is 0 Å². The van der Waals surface area contributed by atoms with E-state index in [1.165, 1.54) is 180 Å². The predicted octanol–water partition coefficient (Wildman–Crippen LogP) is 11.9. The molecule has 0 aliphatic rings. The van der Waals surface area contributed by atoms with E-state index < -0.39 is 18.2 Å². The highest BCUT2D eigenvalue weighted by Crippen LogP contribution is 2.17. The molecule has 5 nitrogen and oxygen atoms in total. The highest BCUT2D eigenvalue weighted by Gasteiger charge is 2.21. The molecule has 0 spiro atoms. The van der Waals surface area contributed by atoms with Crippen LogP contribution in [0.15, 0.2) is 0 Å². The van der Waals surface area contributed by atoms with Crippen LogP contribution in [0.25, 0.3) is 0 Å². The highest BCUT2D eigenvalue weighted by molar-refractivity contribution is 5.76. The summed E-state index contributed by atoms with van der Waals surface area (Å²) in [5.74, 6) is -0.279. The first kappa shape index (κ1) is 46.4. The van der Waals surface area contributed by atoms with E-state index in [1.807, 2.05) is 0 Å². The van der Waals surface area contributed by atoms with Gasteiger partial charge in [-0.25, -0.2) is 0 Å². The largest absolute Gasteiger partial charge is 0.394 e. The minimum absolute atomic E-state index is 0.0426. The summed E-state index contributed by atoms with van der Waals surface area (Å²) in [4.78, 5) is 12.4. The molecule has 0 aromatic heterocycles. The minimum Gasteiger partial charge on any atom is -0.394 e. The van der Waals surface area contributed by atoms with Crippen molar-refractivity contribution in [2.24, 2.45) is 0 Å². The molecule has 1 amide bonds. The van der Waals surface area contributed by atoms with E-state index in [9.17, 15) is 20.1 Å². The molecule has 3 atom stereocenters. The topological polar surface area (TPSA) is 89.8 Å². The van der Waals surface area contributed by atoms with Gasteiger partial charge in [0.05, 0.1) is 31.3 Å². The first-order valence-electron chi connectivity index (χ1n) is 21.3. The first-order valence-corrected chi connectivity index (χ1v) is 21.3. The standard InChI is InChI=1S/C42H85NO4/c1-3-5-7-9-11-13-15-17-18-19-20-21-22-23-24-25-27-29-31-33-35-39(45)37-42(47)43-40(38-44)41(46)36-34-32-30-28-26-16-14-12-10-8-6-4-2/h39-41,44-46H,3-38H2,1-2H3,(H,43,47).